The smallest absolute Gasteiger partial charge is 0.240 e. The number of nitrogens with one attached hydrogen (secondary N) is 1. The fourth-order valence-corrected chi connectivity index (χ4v) is 3.83. The highest BCUT2D eigenvalue weighted by Crippen LogP contribution is 2.22. The van der Waals surface area contributed by atoms with Crippen molar-refractivity contribution in [1.29, 1.82) is 0 Å². The monoisotopic (exact) mass is 434 g/mol. The Morgan fingerprint density at radius 2 is 1.67 bits per heavy atom. The molecule has 0 unspecified atom stereocenters. The van der Waals surface area contributed by atoms with E-state index in [9.17, 15) is 13.2 Å². The Balaban J connectivity index is 1.91. The van der Waals surface area contributed by atoms with Crippen LogP contribution in [0.1, 0.15) is 25.8 Å². The summed E-state index contributed by atoms with van der Waals surface area (Å²) in [5.74, 6) is 1.14. The molecule has 2 rings (SSSR count). The number of aryl methyl sites for hydroxylation is 1. The van der Waals surface area contributed by atoms with E-state index in [2.05, 4.69) is 5.32 Å². The number of benzene rings is 2. The van der Waals surface area contributed by atoms with Gasteiger partial charge in [0, 0.05) is 6.54 Å². The Morgan fingerprint density at radius 1 is 1.00 bits per heavy atom. The van der Waals surface area contributed by atoms with Crippen molar-refractivity contribution in [1.82, 2.24) is 5.32 Å². The van der Waals surface area contributed by atoms with E-state index in [1.807, 2.05) is 38.1 Å². The fourth-order valence-electron chi connectivity index (χ4n) is 2.97. The van der Waals surface area contributed by atoms with Crippen LogP contribution in [0.3, 0.4) is 0 Å². The summed E-state index contributed by atoms with van der Waals surface area (Å²) >= 11 is 0. The Morgan fingerprint density at radius 3 is 2.30 bits per heavy atom. The second-order valence-corrected chi connectivity index (χ2v) is 8.60. The number of anilines is 1. The highest BCUT2D eigenvalue weighted by molar-refractivity contribution is 7.92. The van der Waals surface area contributed by atoms with Gasteiger partial charge in [-0.1, -0.05) is 18.2 Å². The van der Waals surface area contributed by atoms with Crippen LogP contribution in [0.15, 0.2) is 48.5 Å². The molecule has 0 aliphatic rings. The third-order valence-electron chi connectivity index (χ3n) is 4.34. The van der Waals surface area contributed by atoms with Crippen LogP contribution in [-0.2, 0) is 21.2 Å². The molecule has 0 aromatic heterocycles. The predicted molar refractivity (Wildman–Crippen MR) is 119 cm³/mol. The minimum absolute atomic E-state index is 0.275. The van der Waals surface area contributed by atoms with Crippen LogP contribution in [-0.4, -0.2) is 46.9 Å². The molecule has 0 atom stereocenters. The van der Waals surface area contributed by atoms with Crippen molar-refractivity contribution < 1.29 is 22.7 Å². The average molecular weight is 435 g/mol. The van der Waals surface area contributed by atoms with Crippen LogP contribution in [0.25, 0.3) is 0 Å². The van der Waals surface area contributed by atoms with Crippen molar-refractivity contribution in [3.63, 3.8) is 0 Å². The van der Waals surface area contributed by atoms with Gasteiger partial charge in [0.2, 0.25) is 15.9 Å². The largest absolute Gasteiger partial charge is 0.494 e. The van der Waals surface area contributed by atoms with Crippen molar-refractivity contribution in [3.05, 3.63) is 54.1 Å². The number of para-hydroxylation sites is 1. The summed E-state index contributed by atoms with van der Waals surface area (Å²) in [4.78, 5) is 12.4. The summed E-state index contributed by atoms with van der Waals surface area (Å²) in [5.41, 5.74) is 1.50. The maximum absolute atomic E-state index is 12.4. The lowest BCUT2D eigenvalue weighted by molar-refractivity contribution is -0.119. The van der Waals surface area contributed by atoms with E-state index in [0.717, 1.165) is 34.7 Å². The van der Waals surface area contributed by atoms with E-state index in [4.69, 9.17) is 9.47 Å². The van der Waals surface area contributed by atoms with Gasteiger partial charge in [-0.25, -0.2) is 8.42 Å². The predicted octanol–water partition coefficient (Wildman–Crippen LogP) is 3.00. The molecule has 0 aliphatic carbocycles. The van der Waals surface area contributed by atoms with Gasteiger partial charge in [0.1, 0.15) is 18.0 Å². The molecule has 1 amide bonds. The second-order valence-electron chi connectivity index (χ2n) is 6.69. The molecule has 0 radical (unpaired) electrons. The lowest BCUT2D eigenvalue weighted by Gasteiger charge is -2.22. The molecule has 2 aromatic rings. The number of ether oxygens (including phenoxy) is 2. The zero-order valence-electron chi connectivity index (χ0n) is 17.8. The molecule has 0 saturated heterocycles. The van der Waals surface area contributed by atoms with Gasteiger partial charge in [-0.15, -0.1) is 0 Å². The minimum atomic E-state index is -3.61. The molecule has 0 aliphatic heterocycles. The molecular formula is C22H30N2O5S. The summed E-state index contributed by atoms with van der Waals surface area (Å²) in [6, 6.07) is 14.4. The summed E-state index contributed by atoms with van der Waals surface area (Å²) in [6.07, 6.45) is 2.56. The molecule has 0 bridgehead atoms. The minimum Gasteiger partial charge on any atom is -0.494 e. The quantitative estimate of drug-likeness (QED) is 0.519. The molecule has 2 aromatic carbocycles. The third-order valence-corrected chi connectivity index (χ3v) is 5.48. The number of hydrogen-bond acceptors (Lipinski definition) is 5. The first-order chi connectivity index (χ1) is 14.3. The standard InChI is InChI=1S/C22H30N2O5S/c1-4-28-20-14-12-19(13-15-20)24(30(3,26)27)17-22(25)23-16-8-10-18-9-6-7-11-21(18)29-5-2/h6-7,9,11-15H,4-5,8,10,16-17H2,1-3H3,(H,23,25). The van der Waals surface area contributed by atoms with E-state index in [-0.39, 0.29) is 12.5 Å². The van der Waals surface area contributed by atoms with Crippen LogP contribution in [0.5, 0.6) is 11.5 Å². The maximum atomic E-state index is 12.4. The van der Waals surface area contributed by atoms with Gasteiger partial charge in [-0.2, -0.15) is 0 Å². The second kappa shape index (κ2) is 11.4. The van der Waals surface area contributed by atoms with E-state index >= 15 is 0 Å². The average Bonchev–Trinajstić information content (AvgIpc) is 2.71. The van der Waals surface area contributed by atoms with Crippen LogP contribution in [0, 0.1) is 0 Å². The highest BCUT2D eigenvalue weighted by atomic mass is 32.2. The molecule has 7 nitrogen and oxygen atoms in total. The molecule has 0 saturated carbocycles. The molecule has 30 heavy (non-hydrogen) atoms. The zero-order chi connectivity index (χ0) is 22.0. The van der Waals surface area contributed by atoms with Gasteiger partial charge in [0.25, 0.3) is 0 Å². The number of nitrogens with zero attached hydrogens (tertiary/aromatic N) is 1. The molecule has 0 fully saturated rings. The van der Waals surface area contributed by atoms with Crippen molar-refractivity contribution in [2.24, 2.45) is 0 Å². The first-order valence-electron chi connectivity index (χ1n) is 10.0. The number of carbonyl (C=O) groups is 1. The number of hydrogen-bond donors (Lipinski definition) is 1. The molecule has 0 heterocycles. The molecule has 164 valence electrons. The normalized spacial score (nSPS) is 11.0. The van der Waals surface area contributed by atoms with Crippen LogP contribution < -0.4 is 19.1 Å². The maximum Gasteiger partial charge on any atom is 0.240 e. The Hall–Kier alpha value is -2.74. The van der Waals surface area contributed by atoms with Gasteiger partial charge in [-0.05, 0) is 62.6 Å². The lowest BCUT2D eigenvalue weighted by atomic mass is 10.1. The van der Waals surface area contributed by atoms with E-state index in [1.54, 1.807) is 24.3 Å². The number of rotatable bonds is 12. The van der Waals surface area contributed by atoms with Gasteiger partial charge >= 0.3 is 0 Å². The van der Waals surface area contributed by atoms with Crippen molar-refractivity contribution in [2.45, 2.75) is 26.7 Å². The molecule has 8 heteroatoms. The van der Waals surface area contributed by atoms with Crippen molar-refractivity contribution in [2.75, 3.05) is 36.9 Å². The fraction of sp³-hybridized carbons (Fsp3) is 0.409. The summed E-state index contributed by atoms with van der Waals surface area (Å²) in [5, 5.41) is 2.80. The summed E-state index contributed by atoms with van der Waals surface area (Å²) < 4.78 is 36.5. The van der Waals surface area contributed by atoms with Crippen molar-refractivity contribution in [3.8, 4) is 11.5 Å². The number of sulfonamides is 1. The van der Waals surface area contributed by atoms with E-state index < -0.39 is 10.0 Å². The summed E-state index contributed by atoms with van der Waals surface area (Å²) in [7, 11) is -3.61. The SMILES string of the molecule is CCOc1ccc(N(CC(=O)NCCCc2ccccc2OCC)S(C)(=O)=O)cc1. The van der Waals surface area contributed by atoms with Crippen LogP contribution in [0.4, 0.5) is 5.69 Å². The Bertz CT molecular complexity index is 913. The molecule has 1 N–H and O–H groups in total. The Labute approximate surface area is 179 Å². The number of amides is 1. The zero-order valence-corrected chi connectivity index (χ0v) is 18.6. The topological polar surface area (TPSA) is 84.9 Å². The first kappa shape index (κ1) is 23.5. The van der Waals surface area contributed by atoms with Gasteiger partial charge < -0.3 is 14.8 Å². The van der Waals surface area contributed by atoms with Crippen LogP contribution in [0.2, 0.25) is 0 Å². The highest BCUT2D eigenvalue weighted by Gasteiger charge is 2.20. The first-order valence-corrected chi connectivity index (χ1v) is 11.9. The molecule has 0 spiro atoms. The van der Waals surface area contributed by atoms with E-state index in [1.165, 1.54) is 0 Å². The van der Waals surface area contributed by atoms with Crippen molar-refractivity contribution >= 4 is 21.6 Å². The lowest BCUT2D eigenvalue weighted by Crippen LogP contribution is -2.40. The van der Waals surface area contributed by atoms with Crippen LogP contribution >= 0.6 is 0 Å². The molecular weight excluding hydrogens is 404 g/mol. The van der Waals surface area contributed by atoms with Gasteiger partial charge in [0.05, 0.1) is 25.2 Å². The van der Waals surface area contributed by atoms with E-state index in [0.29, 0.717) is 31.2 Å². The Kier molecular flexibility index (Phi) is 8.98. The number of carbonyl (C=O) groups excluding carboxylic acids is 1. The summed E-state index contributed by atoms with van der Waals surface area (Å²) in [6.45, 7) is 5.10. The third kappa shape index (κ3) is 7.26. The van der Waals surface area contributed by atoms with Gasteiger partial charge in [-0.3, -0.25) is 9.10 Å². The van der Waals surface area contributed by atoms with Gasteiger partial charge in [0.15, 0.2) is 0 Å².